The molecule has 2 heterocycles. The summed E-state index contributed by atoms with van der Waals surface area (Å²) in [4.78, 5) is 34.3. The molecule has 0 bridgehead atoms. The van der Waals surface area contributed by atoms with Crippen LogP contribution in [0.2, 0.25) is 0 Å². The van der Waals surface area contributed by atoms with Crippen LogP contribution in [0.3, 0.4) is 0 Å². The summed E-state index contributed by atoms with van der Waals surface area (Å²) in [6, 6.07) is 23.0. The Balaban J connectivity index is 1.54. The Labute approximate surface area is 194 Å². The lowest BCUT2D eigenvalue weighted by Crippen LogP contribution is -2.23. The lowest BCUT2D eigenvalue weighted by atomic mass is 10.1. The minimum absolute atomic E-state index is 0.125. The number of nitrogens with one attached hydrogen (secondary N) is 2. The molecular weight excluding hydrogens is 432 g/mol. The lowest BCUT2D eigenvalue weighted by Gasteiger charge is -2.12. The topological polar surface area (TPSA) is 79.8 Å². The number of hydrogen-bond acceptors (Lipinski definition) is 4. The zero-order valence-electron chi connectivity index (χ0n) is 18.3. The maximum absolute atomic E-state index is 13.5. The molecule has 0 aliphatic heterocycles. The molecule has 2 aromatic heterocycles. The largest absolute Gasteiger partial charge is 0.349 e. The number of thioether (sulfide) groups is 1. The summed E-state index contributed by atoms with van der Waals surface area (Å²) in [6.45, 7) is 3.99. The monoisotopic (exact) mass is 454 g/mol. The van der Waals surface area contributed by atoms with Crippen molar-refractivity contribution < 1.29 is 4.79 Å². The van der Waals surface area contributed by atoms with Gasteiger partial charge < -0.3 is 10.3 Å². The van der Waals surface area contributed by atoms with E-state index in [0.29, 0.717) is 21.9 Å². The standard InChI is InChI=1S/C26H22N4O2S/c1-16-12-17(2)14-18(13-16)27-22(31)15-33-26-29-23-20-10-6-7-11-21(20)28-24(23)25(32)30(26)19-8-4-3-5-9-19/h3-14,28H,15H2,1-2H3,(H,27,31). The van der Waals surface area contributed by atoms with Crippen LogP contribution in [0.15, 0.2) is 82.7 Å². The molecule has 0 atom stereocenters. The Bertz CT molecular complexity index is 1530. The third-order valence-corrected chi connectivity index (χ3v) is 6.29. The first-order chi connectivity index (χ1) is 16.0. The van der Waals surface area contributed by atoms with E-state index in [1.807, 2.05) is 80.6 Å². The second-order valence-corrected chi connectivity index (χ2v) is 8.92. The lowest BCUT2D eigenvalue weighted by molar-refractivity contribution is -0.113. The van der Waals surface area contributed by atoms with Crippen molar-refractivity contribution in [1.82, 2.24) is 14.5 Å². The average molecular weight is 455 g/mol. The Morgan fingerprint density at radius 1 is 1.00 bits per heavy atom. The molecule has 33 heavy (non-hydrogen) atoms. The highest BCUT2D eigenvalue weighted by molar-refractivity contribution is 7.99. The minimum atomic E-state index is -0.195. The highest BCUT2D eigenvalue weighted by Gasteiger charge is 2.18. The van der Waals surface area contributed by atoms with E-state index in [1.54, 1.807) is 4.57 Å². The number of anilines is 1. The zero-order valence-corrected chi connectivity index (χ0v) is 19.1. The molecule has 0 aliphatic rings. The second kappa shape index (κ2) is 8.60. The minimum Gasteiger partial charge on any atom is -0.349 e. The van der Waals surface area contributed by atoms with Crippen LogP contribution in [0.4, 0.5) is 5.69 Å². The quantitative estimate of drug-likeness (QED) is 0.282. The number of hydrogen-bond donors (Lipinski definition) is 2. The van der Waals surface area contributed by atoms with Gasteiger partial charge in [-0.1, -0.05) is 54.2 Å². The number of benzene rings is 3. The summed E-state index contributed by atoms with van der Waals surface area (Å²) in [5.74, 6) is -0.0296. The molecule has 0 unspecified atom stereocenters. The number of aryl methyl sites for hydroxylation is 2. The van der Waals surface area contributed by atoms with Gasteiger partial charge in [-0.2, -0.15) is 0 Å². The number of rotatable bonds is 5. The number of H-pyrrole nitrogens is 1. The summed E-state index contributed by atoms with van der Waals surface area (Å²) in [5.41, 5.74) is 5.35. The van der Waals surface area contributed by atoms with Crippen molar-refractivity contribution in [2.75, 3.05) is 11.1 Å². The van der Waals surface area contributed by atoms with Crippen LogP contribution in [0.5, 0.6) is 0 Å². The summed E-state index contributed by atoms with van der Waals surface area (Å²) < 4.78 is 1.56. The predicted molar refractivity (Wildman–Crippen MR) is 134 cm³/mol. The van der Waals surface area contributed by atoms with Crippen LogP contribution in [-0.2, 0) is 4.79 Å². The van der Waals surface area contributed by atoms with Crippen LogP contribution in [0.25, 0.3) is 27.6 Å². The number of aromatic amines is 1. The number of carbonyl (C=O) groups is 1. The van der Waals surface area contributed by atoms with Crippen LogP contribution in [0, 0.1) is 13.8 Å². The summed E-state index contributed by atoms with van der Waals surface area (Å²) >= 11 is 1.24. The van der Waals surface area contributed by atoms with E-state index in [9.17, 15) is 9.59 Å². The van der Waals surface area contributed by atoms with E-state index in [4.69, 9.17) is 4.98 Å². The molecule has 0 fully saturated rings. The zero-order chi connectivity index (χ0) is 22.9. The van der Waals surface area contributed by atoms with E-state index in [2.05, 4.69) is 16.4 Å². The van der Waals surface area contributed by atoms with E-state index in [0.717, 1.165) is 27.7 Å². The van der Waals surface area contributed by atoms with Crippen LogP contribution < -0.4 is 10.9 Å². The fraction of sp³-hybridized carbons (Fsp3) is 0.115. The summed E-state index contributed by atoms with van der Waals surface area (Å²) in [6.07, 6.45) is 0. The van der Waals surface area contributed by atoms with Crippen LogP contribution >= 0.6 is 11.8 Å². The van der Waals surface area contributed by atoms with Gasteiger partial charge in [-0.05, 0) is 55.3 Å². The Kier molecular flexibility index (Phi) is 5.48. The van der Waals surface area contributed by atoms with Crippen LogP contribution in [0.1, 0.15) is 11.1 Å². The van der Waals surface area contributed by atoms with Gasteiger partial charge in [0.2, 0.25) is 5.91 Å². The van der Waals surface area contributed by atoms with Gasteiger partial charge in [0.05, 0.1) is 11.4 Å². The molecule has 0 spiro atoms. The predicted octanol–water partition coefficient (Wildman–Crippen LogP) is 5.21. The molecule has 7 heteroatoms. The fourth-order valence-corrected chi connectivity index (χ4v) is 4.82. The maximum atomic E-state index is 13.5. The smallest absolute Gasteiger partial charge is 0.283 e. The van der Waals surface area contributed by atoms with Crippen molar-refractivity contribution >= 4 is 45.3 Å². The van der Waals surface area contributed by atoms with E-state index >= 15 is 0 Å². The van der Waals surface area contributed by atoms with Crippen LogP contribution in [-0.4, -0.2) is 26.2 Å². The molecule has 5 rings (SSSR count). The molecular formula is C26H22N4O2S. The molecule has 5 aromatic rings. The van der Waals surface area contributed by atoms with E-state index < -0.39 is 0 Å². The average Bonchev–Trinajstić information content (AvgIpc) is 3.17. The highest BCUT2D eigenvalue weighted by atomic mass is 32.2. The first kappa shape index (κ1) is 21.0. The third-order valence-electron chi connectivity index (χ3n) is 5.35. The van der Waals surface area contributed by atoms with Crippen molar-refractivity contribution in [3.63, 3.8) is 0 Å². The number of amides is 1. The van der Waals surface area contributed by atoms with Gasteiger partial charge in [-0.15, -0.1) is 0 Å². The molecule has 6 nitrogen and oxygen atoms in total. The van der Waals surface area contributed by atoms with Crippen molar-refractivity contribution in [3.8, 4) is 5.69 Å². The van der Waals surface area contributed by atoms with Gasteiger partial charge in [0.1, 0.15) is 11.0 Å². The molecule has 164 valence electrons. The van der Waals surface area contributed by atoms with Crippen molar-refractivity contribution in [1.29, 1.82) is 0 Å². The highest BCUT2D eigenvalue weighted by Crippen LogP contribution is 2.26. The molecule has 0 aliphatic carbocycles. The molecule has 1 amide bonds. The Morgan fingerprint density at radius 2 is 1.70 bits per heavy atom. The first-order valence-corrected chi connectivity index (χ1v) is 11.6. The number of carbonyl (C=O) groups excluding carboxylic acids is 1. The van der Waals surface area contributed by atoms with Crippen molar-refractivity contribution in [2.45, 2.75) is 19.0 Å². The summed E-state index contributed by atoms with van der Waals surface area (Å²) in [7, 11) is 0. The van der Waals surface area contributed by atoms with Crippen molar-refractivity contribution in [2.24, 2.45) is 0 Å². The SMILES string of the molecule is Cc1cc(C)cc(NC(=O)CSc2nc3c([nH]c4ccccc43)c(=O)n2-c2ccccc2)c1. The maximum Gasteiger partial charge on any atom is 0.283 e. The summed E-state index contributed by atoms with van der Waals surface area (Å²) in [5, 5.41) is 4.30. The van der Waals surface area contributed by atoms with E-state index in [1.165, 1.54) is 11.8 Å². The van der Waals surface area contributed by atoms with Gasteiger partial charge in [0.25, 0.3) is 5.56 Å². The number of para-hydroxylation sites is 2. The number of fused-ring (bicyclic) bond motifs is 3. The molecule has 0 saturated carbocycles. The normalized spacial score (nSPS) is 11.2. The van der Waals surface area contributed by atoms with Gasteiger partial charge in [0, 0.05) is 16.6 Å². The van der Waals surface area contributed by atoms with Gasteiger partial charge in [-0.3, -0.25) is 14.2 Å². The first-order valence-electron chi connectivity index (χ1n) is 10.6. The Hall–Kier alpha value is -3.84. The molecule has 0 saturated heterocycles. The van der Waals surface area contributed by atoms with E-state index in [-0.39, 0.29) is 17.2 Å². The third kappa shape index (κ3) is 4.15. The number of aromatic nitrogens is 3. The molecule has 2 N–H and O–H groups in total. The molecule has 3 aromatic carbocycles. The second-order valence-electron chi connectivity index (χ2n) is 7.98. The van der Waals surface area contributed by atoms with Gasteiger partial charge in [0.15, 0.2) is 5.16 Å². The van der Waals surface area contributed by atoms with Gasteiger partial charge in [-0.25, -0.2) is 4.98 Å². The van der Waals surface area contributed by atoms with Gasteiger partial charge >= 0.3 is 0 Å². The number of nitrogens with zero attached hydrogens (tertiary/aromatic N) is 2. The fourth-order valence-electron chi connectivity index (χ4n) is 4.02. The molecule has 0 radical (unpaired) electrons. The van der Waals surface area contributed by atoms with Crippen molar-refractivity contribution in [3.05, 3.63) is 94.3 Å². The Morgan fingerprint density at radius 3 is 2.45 bits per heavy atom.